The Hall–Kier alpha value is -2.66. The molecule has 1 aliphatic rings. The first-order chi connectivity index (χ1) is 12.5. The number of aromatic nitrogens is 2. The summed E-state index contributed by atoms with van der Waals surface area (Å²) < 4.78 is 0. The molecule has 26 heavy (non-hydrogen) atoms. The summed E-state index contributed by atoms with van der Waals surface area (Å²) in [5, 5.41) is 0.634. The molecule has 1 aromatic heterocycles. The van der Waals surface area contributed by atoms with Crippen molar-refractivity contribution in [2.75, 3.05) is 32.1 Å². The normalized spacial score (nSPS) is 20.2. The number of rotatable bonds is 3. The van der Waals surface area contributed by atoms with Gasteiger partial charge < -0.3 is 9.80 Å². The van der Waals surface area contributed by atoms with E-state index in [1.807, 2.05) is 24.3 Å². The van der Waals surface area contributed by atoms with Crippen molar-refractivity contribution in [2.24, 2.45) is 0 Å². The maximum atomic E-state index is 12.4. The SMILES string of the molecule is Cc1ccc([C@H]2CN(c3nc4ccccc4c(=O)[nH]3)C[C@@H]2N(C)C)cc1. The van der Waals surface area contributed by atoms with Crippen LogP contribution in [-0.2, 0) is 0 Å². The van der Waals surface area contributed by atoms with E-state index in [2.05, 4.69) is 60.1 Å². The molecule has 0 amide bonds. The first kappa shape index (κ1) is 16.8. The molecular weight excluding hydrogens is 324 g/mol. The number of likely N-dealkylation sites (N-methyl/N-ethyl adjacent to an activating group) is 1. The third-order valence-electron chi connectivity index (χ3n) is 5.36. The van der Waals surface area contributed by atoms with Gasteiger partial charge in [0.2, 0.25) is 5.95 Å². The molecule has 0 saturated carbocycles. The van der Waals surface area contributed by atoms with E-state index in [4.69, 9.17) is 4.98 Å². The second kappa shape index (κ2) is 6.57. The molecule has 5 heteroatoms. The molecule has 0 bridgehead atoms. The summed E-state index contributed by atoms with van der Waals surface area (Å²) in [6, 6.07) is 16.6. The van der Waals surface area contributed by atoms with Gasteiger partial charge in [-0.25, -0.2) is 4.98 Å². The summed E-state index contributed by atoms with van der Waals surface area (Å²) >= 11 is 0. The Bertz CT molecular complexity index is 977. The highest BCUT2D eigenvalue weighted by molar-refractivity contribution is 5.78. The summed E-state index contributed by atoms with van der Waals surface area (Å²) in [5.74, 6) is 1.04. The molecule has 0 unspecified atom stereocenters. The van der Waals surface area contributed by atoms with E-state index >= 15 is 0 Å². The quantitative estimate of drug-likeness (QED) is 0.791. The van der Waals surface area contributed by atoms with Crippen LogP contribution in [-0.4, -0.2) is 48.1 Å². The first-order valence-electron chi connectivity index (χ1n) is 9.00. The average Bonchev–Trinajstić information content (AvgIpc) is 3.08. The van der Waals surface area contributed by atoms with Crippen molar-refractivity contribution in [1.82, 2.24) is 14.9 Å². The van der Waals surface area contributed by atoms with Gasteiger partial charge >= 0.3 is 0 Å². The molecular formula is C21H24N4O. The molecule has 1 N–H and O–H groups in total. The average molecular weight is 348 g/mol. The zero-order valence-corrected chi connectivity index (χ0v) is 15.4. The molecule has 3 aromatic rings. The van der Waals surface area contributed by atoms with Crippen LogP contribution < -0.4 is 10.5 Å². The third kappa shape index (κ3) is 2.99. The molecule has 5 nitrogen and oxygen atoms in total. The highest BCUT2D eigenvalue weighted by atomic mass is 16.1. The van der Waals surface area contributed by atoms with Crippen LogP contribution in [0.3, 0.4) is 0 Å². The monoisotopic (exact) mass is 348 g/mol. The smallest absolute Gasteiger partial charge is 0.260 e. The van der Waals surface area contributed by atoms with Crippen molar-refractivity contribution in [3.05, 3.63) is 70.0 Å². The number of para-hydroxylation sites is 1. The van der Waals surface area contributed by atoms with Crippen LogP contribution in [0.25, 0.3) is 10.9 Å². The first-order valence-corrected chi connectivity index (χ1v) is 9.00. The number of aromatic amines is 1. The van der Waals surface area contributed by atoms with Crippen LogP contribution in [0, 0.1) is 6.92 Å². The summed E-state index contributed by atoms with van der Waals surface area (Å²) in [4.78, 5) is 24.6. The van der Waals surface area contributed by atoms with E-state index in [0.717, 1.165) is 18.6 Å². The van der Waals surface area contributed by atoms with Crippen molar-refractivity contribution in [3.63, 3.8) is 0 Å². The maximum Gasteiger partial charge on any atom is 0.260 e. The van der Waals surface area contributed by atoms with Crippen LogP contribution in [0.15, 0.2) is 53.3 Å². The van der Waals surface area contributed by atoms with Crippen LogP contribution in [0.1, 0.15) is 17.0 Å². The van der Waals surface area contributed by atoms with Gasteiger partial charge in [-0.3, -0.25) is 9.78 Å². The van der Waals surface area contributed by atoms with Gasteiger partial charge in [0, 0.05) is 25.0 Å². The molecule has 1 aliphatic heterocycles. The molecule has 1 fully saturated rings. The van der Waals surface area contributed by atoms with Gasteiger partial charge in [0.05, 0.1) is 10.9 Å². The molecule has 134 valence electrons. The van der Waals surface area contributed by atoms with Gasteiger partial charge in [0.1, 0.15) is 0 Å². The Morgan fingerprint density at radius 2 is 1.81 bits per heavy atom. The third-order valence-corrected chi connectivity index (χ3v) is 5.36. The lowest BCUT2D eigenvalue weighted by Gasteiger charge is -2.25. The van der Waals surface area contributed by atoms with Crippen molar-refractivity contribution in [3.8, 4) is 0 Å². The molecule has 2 heterocycles. The summed E-state index contributed by atoms with van der Waals surface area (Å²) in [6.45, 7) is 3.79. The fourth-order valence-electron chi connectivity index (χ4n) is 3.85. The van der Waals surface area contributed by atoms with Crippen LogP contribution in [0.4, 0.5) is 5.95 Å². The Balaban J connectivity index is 1.70. The number of hydrogen-bond acceptors (Lipinski definition) is 4. The van der Waals surface area contributed by atoms with Gasteiger partial charge in [-0.15, -0.1) is 0 Å². The number of nitrogens with one attached hydrogen (secondary N) is 1. The molecule has 4 rings (SSSR count). The van der Waals surface area contributed by atoms with E-state index in [9.17, 15) is 4.79 Å². The second-order valence-corrected chi connectivity index (χ2v) is 7.36. The van der Waals surface area contributed by atoms with E-state index in [0.29, 0.717) is 23.3 Å². The fraction of sp³-hybridized carbons (Fsp3) is 0.333. The topological polar surface area (TPSA) is 52.2 Å². The van der Waals surface area contributed by atoms with Gasteiger partial charge in [-0.2, -0.15) is 0 Å². The zero-order valence-electron chi connectivity index (χ0n) is 15.4. The predicted octanol–water partition coefficient (Wildman–Crippen LogP) is 2.77. The highest BCUT2D eigenvalue weighted by Crippen LogP contribution is 2.32. The van der Waals surface area contributed by atoms with Gasteiger partial charge in [0.15, 0.2) is 0 Å². The van der Waals surface area contributed by atoms with Gasteiger partial charge in [-0.05, 0) is 38.7 Å². The number of nitrogens with zero attached hydrogens (tertiary/aromatic N) is 3. The van der Waals surface area contributed by atoms with Gasteiger partial charge in [0.25, 0.3) is 5.56 Å². The molecule has 2 atom stereocenters. The Morgan fingerprint density at radius 3 is 2.54 bits per heavy atom. The largest absolute Gasteiger partial charge is 0.340 e. The minimum atomic E-state index is -0.0780. The number of fused-ring (bicyclic) bond motifs is 1. The number of aryl methyl sites for hydroxylation is 1. The van der Waals surface area contributed by atoms with Crippen LogP contribution >= 0.6 is 0 Å². The summed E-state index contributed by atoms with van der Waals surface area (Å²) in [7, 11) is 4.23. The number of H-pyrrole nitrogens is 1. The second-order valence-electron chi connectivity index (χ2n) is 7.36. The van der Waals surface area contributed by atoms with Crippen molar-refractivity contribution < 1.29 is 0 Å². The molecule has 0 aliphatic carbocycles. The number of hydrogen-bond donors (Lipinski definition) is 1. The number of anilines is 1. The van der Waals surface area contributed by atoms with Crippen molar-refractivity contribution >= 4 is 16.9 Å². The molecule has 1 saturated heterocycles. The molecule has 2 aromatic carbocycles. The molecule has 0 spiro atoms. The van der Waals surface area contributed by atoms with Gasteiger partial charge in [-0.1, -0.05) is 42.0 Å². The lowest BCUT2D eigenvalue weighted by Crippen LogP contribution is -2.35. The Morgan fingerprint density at radius 1 is 1.08 bits per heavy atom. The van der Waals surface area contributed by atoms with Crippen molar-refractivity contribution in [2.45, 2.75) is 18.9 Å². The van der Waals surface area contributed by atoms with Crippen LogP contribution in [0.2, 0.25) is 0 Å². The van der Waals surface area contributed by atoms with E-state index in [1.54, 1.807) is 0 Å². The highest BCUT2D eigenvalue weighted by Gasteiger charge is 2.36. The van der Waals surface area contributed by atoms with Crippen molar-refractivity contribution in [1.29, 1.82) is 0 Å². The molecule has 0 radical (unpaired) electrons. The zero-order chi connectivity index (χ0) is 18.3. The number of benzene rings is 2. The standard InChI is InChI=1S/C21H24N4O/c1-14-8-10-15(11-9-14)17-12-25(13-19(17)24(2)3)21-22-18-7-5-4-6-16(18)20(26)23-21/h4-11,17,19H,12-13H2,1-3H3,(H,22,23,26)/t17-,19+/m1/s1. The summed E-state index contributed by atoms with van der Waals surface area (Å²) in [5.41, 5.74) is 3.27. The lowest BCUT2D eigenvalue weighted by molar-refractivity contribution is 0.292. The fourth-order valence-corrected chi connectivity index (χ4v) is 3.85. The predicted molar refractivity (Wildman–Crippen MR) is 106 cm³/mol. The van der Waals surface area contributed by atoms with Crippen LogP contribution in [0.5, 0.6) is 0 Å². The lowest BCUT2D eigenvalue weighted by atomic mass is 9.93. The minimum Gasteiger partial charge on any atom is -0.340 e. The van der Waals surface area contributed by atoms with E-state index < -0.39 is 0 Å². The Labute approximate surface area is 153 Å². The minimum absolute atomic E-state index is 0.0780. The van der Waals surface area contributed by atoms with E-state index in [1.165, 1.54) is 11.1 Å². The summed E-state index contributed by atoms with van der Waals surface area (Å²) in [6.07, 6.45) is 0. The van der Waals surface area contributed by atoms with E-state index in [-0.39, 0.29) is 5.56 Å². The Kier molecular flexibility index (Phi) is 4.24. The maximum absolute atomic E-state index is 12.4.